The van der Waals surface area contributed by atoms with E-state index in [1.54, 1.807) is 13.2 Å². The standard InChI is InChI=1S/C20H25FN2O2/c1-15(17-5-3-4-6-20(17)24-2)22-14-16-7-8-19(18(21)13-16)23-9-11-25-12-10-23/h3-8,13,15,22H,9-12,14H2,1-2H3/t15-/m0/s1. The number of halogens is 1. The van der Waals surface area contributed by atoms with Crippen LogP contribution >= 0.6 is 0 Å². The highest BCUT2D eigenvalue weighted by Crippen LogP contribution is 2.25. The Morgan fingerprint density at radius 2 is 1.96 bits per heavy atom. The maximum Gasteiger partial charge on any atom is 0.146 e. The Kier molecular flexibility index (Phi) is 5.89. The monoisotopic (exact) mass is 344 g/mol. The van der Waals surface area contributed by atoms with Gasteiger partial charge in [-0.2, -0.15) is 0 Å². The summed E-state index contributed by atoms with van der Waals surface area (Å²) in [6.07, 6.45) is 0. The SMILES string of the molecule is COc1ccccc1[C@H](C)NCc1ccc(N2CCOCC2)c(F)c1. The molecule has 25 heavy (non-hydrogen) atoms. The van der Waals surface area contributed by atoms with Crippen molar-refractivity contribution in [2.24, 2.45) is 0 Å². The van der Waals surface area contributed by atoms with Crippen molar-refractivity contribution in [3.8, 4) is 5.75 Å². The van der Waals surface area contributed by atoms with Gasteiger partial charge in [0, 0.05) is 31.2 Å². The molecule has 0 unspecified atom stereocenters. The van der Waals surface area contributed by atoms with Gasteiger partial charge in [0.25, 0.3) is 0 Å². The lowest BCUT2D eigenvalue weighted by molar-refractivity contribution is 0.122. The number of nitrogens with one attached hydrogen (secondary N) is 1. The average Bonchev–Trinajstić information content (AvgIpc) is 2.66. The highest BCUT2D eigenvalue weighted by Gasteiger charge is 2.16. The van der Waals surface area contributed by atoms with E-state index < -0.39 is 0 Å². The number of morpholine rings is 1. The van der Waals surface area contributed by atoms with E-state index in [0.717, 1.165) is 30.0 Å². The zero-order valence-corrected chi connectivity index (χ0v) is 14.8. The second kappa shape index (κ2) is 8.32. The number of para-hydroxylation sites is 1. The molecule has 1 aliphatic rings. The van der Waals surface area contributed by atoms with Gasteiger partial charge in [0.1, 0.15) is 11.6 Å². The van der Waals surface area contributed by atoms with Gasteiger partial charge < -0.3 is 19.7 Å². The molecule has 134 valence electrons. The van der Waals surface area contributed by atoms with Crippen LogP contribution in [-0.2, 0) is 11.3 Å². The number of hydrogen-bond donors (Lipinski definition) is 1. The van der Waals surface area contributed by atoms with Gasteiger partial charge in [0.05, 0.1) is 26.0 Å². The van der Waals surface area contributed by atoms with Crippen LogP contribution in [0.5, 0.6) is 5.75 Å². The summed E-state index contributed by atoms with van der Waals surface area (Å²) in [7, 11) is 1.67. The number of nitrogens with zero attached hydrogens (tertiary/aromatic N) is 1. The van der Waals surface area contributed by atoms with E-state index in [4.69, 9.17) is 9.47 Å². The molecule has 0 aliphatic carbocycles. The molecule has 2 aromatic rings. The van der Waals surface area contributed by atoms with E-state index in [0.29, 0.717) is 25.4 Å². The molecular weight excluding hydrogens is 319 g/mol. The van der Waals surface area contributed by atoms with Crippen LogP contribution < -0.4 is 15.0 Å². The summed E-state index contributed by atoms with van der Waals surface area (Å²) in [5.41, 5.74) is 2.68. The van der Waals surface area contributed by atoms with Crippen LogP contribution in [0, 0.1) is 5.82 Å². The maximum absolute atomic E-state index is 14.5. The summed E-state index contributed by atoms with van der Waals surface area (Å²) in [6.45, 7) is 5.45. The lowest BCUT2D eigenvalue weighted by Gasteiger charge is -2.29. The minimum absolute atomic E-state index is 0.109. The van der Waals surface area contributed by atoms with Crippen molar-refractivity contribution in [1.82, 2.24) is 5.32 Å². The van der Waals surface area contributed by atoms with Crippen LogP contribution in [0.3, 0.4) is 0 Å². The van der Waals surface area contributed by atoms with E-state index in [1.807, 2.05) is 41.3 Å². The Balaban J connectivity index is 1.64. The molecule has 1 fully saturated rings. The molecule has 0 radical (unpaired) electrons. The molecule has 3 rings (SSSR count). The first-order chi connectivity index (χ1) is 12.2. The Hall–Kier alpha value is -2.11. The largest absolute Gasteiger partial charge is 0.496 e. The predicted octanol–water partition coefficient (Wildman–Crippen LogP) is 3.52. The molecule has 0 aromatic heterocycles. The first-order valence-corrected chi connectivity index (χ1v) is 8.66. The summed E-state index contributed by atoms with van der Waals surface area (Å²) in [5, 5.41) is 3.44. The van der Waals surface area contributed by atoms with Crippen LogP contribution in [0.2, 0.25) is 0 Å². The van der Waals surface area contributed by atoms with Gasteiger partial charge in [-0.15, -0.1) is 0 Å². The second-order valence-corrected chi connectivity index (χ2v) is 6.23. The molecule has 1 aliphatic heterocycles. The number of methoxy groups -OCH3 is 1. The molecule has 0 amide bonds. The zero-order valence-electron chi connectivity index (χ0n) is 14.8. The Morgan fingerprint density at radius 3 is 2.68 bits per heavy atom. The Bertz CT molecular complexity index is 702. The number of anilines is 1. The van der Waals surface area contributed by atoms with E-state index in [-0.39, 0.29) is 11.9 Å². The van der Waals surface area contributed by atoms with Crippen molar-refractivity contribution in [3.05, 3.63) is 59.4 Å². The van der Waals surface area contributed by atoms with Crippen molar-refractivity contribution in [2.45, 2.75) is 19.5 Å². The highest BCUT2D eigenvalue weighted by molar-refractivity contribution is 5.49. The fraction of sp³-hybridized carbons (Fsp3) is 0.400. The van der Waals surface area contributed by atoms with E-state index in [2.05, 4.69) is 12.2 Å². The Morgan fingerprint density at radius 1 is 1.20 bits per heavy atom. The topological polar surface area (TPSA) is 33.7 Å². The van der Waals surface area contributed by atoms with Crippen LogP contribution in [-0.4, -0.2) is 33.4 Å². The first kappa shape index (κ1) is 17.7. The fourth-order valence-corrected chi connectivity index (χ4v) is 3.13. The molecule has 1 saturated heterocycles. The van der Waals surface area contributed by atoms with Crippen LogP contribution in [0.1, 0.15) is 24.1 Å². The number of benzene rings is 2. The third kappa shape index (κ3) is 4.30. The number of rotatable bonds is 6. The van der Waals surface area contributed by atoms with Gasteiger partial charge in [-0.3, -0.25) is 0 Å². The van der Waals surface area contributed by atoms with Crippen molar-refractivity contribution < 1.29 is 13.9 Å². The quantitative estimate of drug-likeness (QED) is 0.869. The molecule has 1 atom stereocenters. The van der Waals surface area contributed by atoms with E-state index in [1.165, 1.54) is 0 Å². The van der Waals surface area contributed by atoms with E-state index >= 15 is 0 Å². The molecule has 4 nitrogen and oxygen atoms in total. The van der Waals surface area contributed by atoms with E-state index in [9.17, 15) is 4.39 Å². The molecule has 1 heterocycles. The van der Waals surface area contributed by atoms with Crippen molar-refractivity contribution >= 4 is 5.69 Å². The molecule has 2 aromatic carbocycles. The summed E-state index contributed by atoms with van der Waals surface area (Å²) < 4.78 is 25.2. The van der Waals surface area contributed by atoms with Crippen molar-refractivity contribution in [2.75, 3.05) is 38.3 Å². The summed E-state index contributed by atoms with van der Waals surface area (Å²) >= 11 is 0. The van der Waals surface area contributed by atoms with Crippen molar-refractivity contribution in [3.63, 3.8) is 0 Å². The predicted molar refractivity (Wildman–Crippen MR) is 97.7 cm³/mol. The van der Waals surface area contributed by atoms with Crippen LogP contribution in [0.4, 0.5) is 10.1 Å². The summed E-state index contributed by atoms with van der Waals surface area (Å²) in [5.74, 6) is 0.683. The minimum Gasteiger partial charge on any atom is -0.496 e. The molecular formula is C20H25FN2O2. The molecule has 5 heteroatoms. The number of ether oxygens (including phenoxy) is 2. The zero-order chi connectivity index (χ0) is 17.6. The van der Waals surface area contributed by atoms with Crippen LogP contribution in [0.25, 0.3) is 0 Å². The summed E-state index contributed by atoms with van der Waals surface area (Å²) in [6, 6.07) is 13.5. The number of hydrogen-bond acceptors (Lipinski definition) is 4. The molecule has 1 N–H and O–H groups in total. The third-order valence-electron chi connectivity index (χ3n) is 4.58. The van der Waals surface area contributed by atoms with Gasteiger partial charge in [-0.05, 0) is 30.7 Å². The second-order valence-electron chi connectivity index (χ2n) is 6.23. The first-order valence-electron chi connectivity index (χ1n) is 8.66. The smallest absolute Gasteiger partial charge is 0.146 e. The lowest BCUT2D eigenvalue weighted by atomic mass is 10.1. The maximum atomic E-state index is 14.5. The normalized spacial score (nSPS) is 15.9. The average molecular weight is 344 g/mol. The molecule has 0 bridgehead atoms. The minimum atomic E-state index is -0.175. The lowest BCUT2D eigenvalue weighted by Crippen LogP contribution is -2.36. The third-order valence-corrected chi connectivity index (χ3v) is 4.58. The van der Waals surface area contributed by atoms with Gasteiger partial charge in [0.15, 0.2) is 0 Å². The fourth-order valence-electron chi connectivity index (χ4n) is 3.13. The van der Waals surface area contributed by atoms with Crippen molar-refractivity contribution in [1.29, 1.82) is 0 Å². The van der Waals surface area contributed by atoms with Gasteiger partial charge in [0.2, 0.25) is 0 Å². The molecule has 0 saturated carbocycles. The highest BCUT2D eigenvalue weighted by atomic mass is 19.1. The van der Waals surface area contributed by atoms with Gasteiger partial charge in [-0.1, -0.05) is 24.3 Å². The van der Waals surface area contributed by atoms with Crippen LogP contribution in [0.15, 0.2) is 42.5 Å². The molecule has 0 spiro atoms. The van der Waals surface area contributed by atoms with Gasteiger partial charge in [-0.25, -0.2) is 4.39 Å². The summed E-state index contributed by atoms with van der Waals surface area (Å²) in [4.78, 5) is 2.04. The van der Waals surface area contributed by atoms with Gasteiger partial charge >= 0.3 is 0 Å². The Labute approximate surface area is 148 Å².